The van der Waals surface area contributed by atoms with Gasteiger partial charge in [-0.1, -0.05) is 17.7 Å². The van der Waals surface area contributed by atoms with Crippen LogP contribution in [0.15, 0.2) is 29.6 Å². The second-order valence-corrected chi connectivity index (χ2v) is 5.16. The van der Waals surface area contributed by atoms with Gasteiger partial charge < -0.3 is 4.74 Å². The lowest BCUT2D eigenvalue weighted by molar-refractivity contribution is -0.0760. The number of aromatic nitrogens is 1. The summed E-state index contributed by atoms with van der Waals surface area (Å²) < 4.78 is 5.62. The van der Waals surface area contributed by atoms with E-state index < -0.39 is 0 Å². The molecule has 20 heavy (non-hydrogen) atoms. The summed E-state index contributed by atoms with van der Waals surface area (Å²) in [5, 5.41) is 3.59. The number of carbonyl (C=O) groups excluding carboxylic acids is 1. The summed E-state index contributed by atoms with van der Waals surface area (Å²) in [6.07, 6.45) is 0. The number of nitrogens with zero attached hydrogens (tertiary/aromatic N) is 2. The van der Waals surface area contributed by atoms with Gasteiger partial charge in [-0.15, -0.1) is 11.3 Å². The Morgan fingerprint density at radius 3 is 2.70 bits per heavy atom. The van der Waals surface area contributed by atoms with E-state index in [-0.39, 0.29) is 5.91 Å². The van der Waals surface area contributed by atoms with Gasteiger partial charge in [0.05, 0.1) is 7.11 Å². The third-order valence-electron chi connectivity index (χ3n) is 2.71. The van der Waals surface area contributed by atoms with Gasteiger partial charge in [-0.05, 0) is 19.1 Å². The molecule has 0 saturated carbocycles. The number of benzene rings is 1. The molecule has 0 fully saturated rings. The van der Waals surface area contributed by atoms with Gasteiger partial charge in [0.15, 0.2) is 0 Å². The molecule has 1 amide bonds. The van der Waals surface area contributed by atoms with Crippen LogP contribution in [-0.4, -0.2) is 30.1 Å². The van der Waals surface area contributed by atoms with Crippen molar-refractivity contribution < 1.29 is 14.4 Å². The van der Waals surface area contributed by atoms with E-state index in [0.717, 1.165) is 15.8 Å². The molecule has 0 saturated heterocycles. The fourth-order valence-electron chi connectivity index (χ4n) is 1.50. The predicted molar refractivity (Wildman–Crippen MR) is 76.7 cm³/mol. The van der Waals surface area contributed by atoms with Crippen LogP contribution in [-0.2, 0) is 11.4 Å². The molecular weight excluding hydrogens is 276 g/mol. The van der Waals surface area contributed by atoms with E-state index in [4.69, 9.17) is 9.57 Å². The molecule has 0 atom stereocenters. The van der Waals surface area contributed by atoms with Crippen LogP contribution in [0.3, 0.4) is 0 Å². The van der Waals surface area contributed by atoms with E-state index in [1.165, 1.54) is 24.0 Å². The molecule has 6 heteroatoms. The Hall–Kier alpha value is -1.92. The number of ether oxygens (including phenoxy) is 1. The molecular formula is C14H16N2O3S. The molecule has 1 aromatic heterocycles. The molecule has 0 bridgehead atoms. The highest BCUT2D eigenvalue weighted by molar-refractivity contribution is 7.09. The summed E-state index contributed by atoms with van der Waals surface area (Å²) in [4.78, 5) is 20.9. The number of hydroxylamine groups is 2. The first-order valence-corrected chi connectivity index (χ1v) is 6.94. The number of amides is 1. The quantitative estimate of drug-likeness (QED) is 0.795. The Labute approximate surface area is 121 Å². The maximum Gasteiger partial charge on any atom is 0.296 e. The molecule has 2 rings (SSSR count). The maximum absolute atomic E-state index is 11.8. The van der Waals surface area contributed by atoms with Gasteiger partial charge in [-0.2, -0.15) is 0 Å². The standard InChI is InChI=1S/C14H16N2O3S/c1-10-4-6-11(7-5-10)19-8-13-15-12(9-20-13)14(17)16(2)18-3/h4-7,9H,8H2,1-3H3. The van der Waals surface area contributed by atoms with Crippen LogP contribution in [0.4, 0.5) is 0 Å². The zero-order valence-corrected chi connectivity index (χ0v) is 12.4. The number of rotatable bonds is 5. The zero-order chi connectivity index (χ0) is 14.5. The predicted octanol–water partition coefficient (Wildman–Crippen LogP) is 2.66. The van der Waals surface area contributed by atoms with Gasteiger partial charge in [0.1, 0.15) is 23.1 Å². The molecule has 1 heterocycles. The number of hydrogen-bond acceptors (Lipinski definition) is 5. The monoisotopic (exact) mass is 292 g/mol. The Kier molecular flexibility index (Phi) is 4.70. The first-order valence-electron chi connectivity index (χ1n) is 6.06. The Balaban J connectivity index is 1.96. The zero-order valence-electron chi connectivity index (χ0n) is 11.6. The van der Waals surface area contributed by atoms with Gasteiger partial charge >= 0.3 is 0 Å². The highest BCUT2D eigenvalue weighted by Crippen LogP contribution is 2.16. The third kappa shape index (κ3) is 3.55. The molecule has 5 nitrogen and oxygen atoms in total. The van der Waals surface area contributed by atoms with Crippen molar-refractivity contribution in [3.63, 3.8) is 0 Å². The summed E-state index contributed by atoms with van der Waals surface area (Å²) in [7, 11) is 2.98. The van der Waals surface area contributed by atoms with E-state index in [1.807, 2.05) is 31.2 Å². The van der Waals surface area contributed by atoms with Crippen LogP contribution in [0.1, 0.15) is 21.1 Å². The molecule has 1 aromatic carbocycles. The number of carbonyl (C=O) groups is 1. The highest BCUT2D eigenvalue weighted by atomic mass is 32.1. The highest BCUT2D eigenvalue weighted by Gasteiger charge is 2.15. The minimum Gasteiger partial charge on any atom is -0.486 e. The fraction of sp³-hybridized carbons (Fsp3) is 0.286. The van der Waals surface area contributed by atoms with E-state index in [2.05, 4.69) is 4.98 Å². The average molecular weight is 292 g/mol. The first-order chi connectivity index (χ1) is 9.60. The molecule has 0 aliphatic carbocycles. The molecule has 0 aliphatic heterocycles. The van der Waals surface area contributed by atoms with Crippen molar-refractivity contribution in [2.24, 2.45) is 0 Å². The summed E-state index contributed by atoms with van der Waals surface area (Å²) in [5.74, 6) is 0.512. The average Bonchev–Trinajstić information content (AvgIpc) is 2.94. The summed E-state index contributed by atoms with van der Waals surface area (Å²) in [5.41, 5.74) is 1.55. The lowest BCUT2D eigenvalue weighted by atomic mass is 10.2. The van der Waals surface area contributed by atoms with Crippen LogP contribution in [0, 0.1) is 6.92 Å². The maximum atomic E-state index is 11.8. The van der Waals surface area contributed by atoms with Gasteiger partial charge in [-0.3, -0.25) is 9.63 Å². The lowest BCUT2D eigenvalue weighted by Gasteiger charge is -2.11. The molecule has 0 radical (unpaired) electrons. The molecule has 106 valence electrons. The van der Waals surface area contributed by atoms with Gasteiger partial charge in [0, 0.05) is 12.4 Å². The summed E-state index contributed by atoms with van der Waals surface area (Å²) >= 11 is 1.39. The van der Waals surface area contributed by atoms with E-state index in [9.17, 15) is 4.79 Å². The van der Waals surface area contributed by atoms with E-state index >= 15 is 0 Å². The number of aryl methyl sites for hydroxylation is 1. The van der Waals surface area contributed by atoms with Crippen molar-refractivity contribution in [1.29, 1.82) is 0 Å². The number of hydrogen-bond donors (Lipinski definition) is 0. The molecule has 2 aromatic rings. The first kappa shape index (κ1) is 14.5. The normalized spacial score (nSPS) is 10.3. The van der Waals surface area contributed by atoms with Crippen LogP contribution >= 0.6 is 11.3 Å². The largest absolute Gasteiger partial charge is 0.486 e. The van der Waals surface area contributed by atoms with E-state index in [0.29, 0.717) is 12.3 Å². The second-order valence-electron chi connectivity index (χ2n) is 4.21. The van der Waals surface area contributed by atoms with Crippen LogP contribution in [0.25, 0.3) is 0 Å². The number of thiazole rings is 1. The van der Waals surface area contributed by atoms with Crippen LogP contribution in [0.2, 0.25) is 0 Å². The van der Waals surface area contributed by atoms with Crippen molar-refractivity contribution >= 4 is 17.2 Å². The van der Waals surface area contributed by atoms with Crippen LogP contribution < -0.4 is 4.74 Å². The van der Waals surface area contributed by atoms with E-state index in [1.54, 1.807) is 12.4 Å². The topological polar surface area (TPSA) is 51.7 Å². The minimum atomic E-state index is -0.273. The van der Waals surface area contributed by atoms with Gasteiger partial charge in [-0.25, -0.2) is 10.0 Å². The summed E-state index contributed by atoms with van der Waals surface area (Å²) in [6.45, 7) is 2.37. The van der Waals surface area contributed by atoms with Crippen LogP contribution in [0.5, 0.6) is 5.75 Å². The molecule has 0 N–H and O–H groups in total. The summed E-state index contributed by atoms with van der Waals surface area (Å²) in [6, 6.07) is 7.79. The van der Waals surface area contributed by atoms with Gasteiger partial charge in [0.25, 0.3) is 5.91 Å². The Morgan fingerprint density at radius 2 is 2.05 bits per heavy atom. The lowest BCUT2D eigenvalue weighted by Crippen LogP contribution is -2.25. The van der Waals surface area contributed by atoms with Crippen molar-refractivity contribution in [3.05, 3.63) is 45.9 Å². The SMILES string of the molecule is CON(C)C(=O)c1csc(COc2ccc(C)cc2)n1. The Morgan fingerprint density at radius 1 is 1.35 bits per heavy atom. The Bertz CT molecular complexity index is 580. The third-order valence-corrected chi connectivity index (χ3v) is 3.54. The fourth-order valence-corrected chi connectivity index (χ4v) is 2.18. The minimum absolute atomic E-state index is 0.273. The van der Waals surface area contributed by atoms with Gasteiger partial charge in [0.2, 0.25) is 0 Å². The smallest absolute Gasteiger partial charge is 0.296 e. The van der Waals surface area contributed by atoms with Crippen molar-refractivity contribution in [2.75, 3.05) is 14.2 Å². The van der Waals surface area contributed by atoms with Crippen molar-refractivity contribution in [1.82, 2.24) is 10.0 Å². The van der Waals surface area contributed by atoms with Crippen molar-refractivity contribution in [3.8, 4) is 5.75 Å². The van der Waals surface area contributed by atoms with Crippen molar-refractivity contribution in [2.45, 2.75) is 13.5 Å². The second kappa shape index (κ2) is 6.49. The molecule has 0 spiro atoms. The molecule has 0 aliphatic rings. The molecule has 0 unspecified atom stereocenters.